The van der Waals surface area contributed by atoms with Crippen LogP contribution >= 0.6 is 0 Å². The Morgan fingerprint density at radius 2 is 2.07 bits per heavy atom. The highest BCUT2D eigenvalue weighted by Crippen LogP contribution is 2.40. The smallest absolute Gasteiger partial charge is 0.182 e. The Kier molecular flexibility index (Phi) is 4.09. The molecule has 7 heteroatoms. The van der Waals surface area contributed by atoms with E-state index in [4.69, 9.17) is 5.41 Å². The molecule has 1 aliphatic rings. The maximum atomic E-state index is 11.8. The Morgan fingerprint density at radius 1 is 1.33 bits per heavy atom. The number of nitrogens with zero attached hydrogens (tertiary/aromatic N) is 4. The summed E-state index contributed by atoms with van der Waals surface area (Å²) < 4.78 is 3.86. The third-order valence-corrected chi connectivity index (χ3v) is 5.59. The Bertz CT molecular complexity index is 1090. The number of aromatic nitrogens is 4. The largest absolute Gasteiger partial charge is 0.504 e. The van der Waals surface area contributed by atoms with Gasteiger partial charge in [0.15, 0.2) is 17.2 Å². The van der Waals surface area contributed by atoms with Gasteiger partial charge in [-0.3, -0.25) is 14.9 Å². The van der Waals surface area contributed by atoms with Crippen molar-refractivity contribution in [3.05, 3.63) is 47.3 Å². The highest BCUT2D eigenvalue weighted by atomic mass is 16.3. The summed E-state index contributed by atoms with van der Waals surface area (Å²) in [4.78, 5) is 16.4. The number of aromatic hydroxyl groups is 1. The molecule has 27 heavy (non-hydrogen) atoms. The summed E-state index contributed by atoms with van der Waals surface area (Å²) in [5, 5.41) is 23.2. The number of pyridine rings is 1. The molecule has 0 aromatic carbocycles. The van der Waals surface area contributed by atoms with Gasteiger partial charge in [-0.2, -0.15) is 5.10 Å². The Balaban J connectivity index is 1.84. The molecule has 0 atom stereocenters. The number of rotatable bonds is 4. The molecule has 0 aliphatic heterocycles. The summed E-state index contributed by atoms with van der Waals surface area (Å²) in [7, 11) is 0. The first-order valence-corrected chi connectivity index (χ1v) is 9.21. The highest BCUT2D eigenvalue weighted by molar-refractivity contribution is 5.91. The lowest BCUT2D eigenvalue weighted by Gasteiger charge is -2.32. The third-order valence-electron chi connectivity index (χ3n) is 5.59. The summed E-state index contributed by atoms with van der Waals surface area (Å²) in [6.07, 6.45) is 9.55. The van der Waals surface area contributed by atoms with Gasteiger partial charge in [0, 0.05) is 24.7 Å². The minimum atomic E-state index is -0.325. The number of carbonyl (C=O) groups is 1. The van der Waals surface area contributed by atoms with Gasteiger partial charge in [0.2, 0.25) is 0 Å². The quantitative estimate of drug-likeness (QED) is 0.695. The van der Waals surface area contributed by atoms with E-state index in [1.807, 2.05) is 6.07 Å². The lowest BCUT2D eigenvalue weighted by Crippen LogP contribution is -2.36. The zero-order chi connectivity index (χ0) is 19.2. The average Bonchev–Trinajstić information content (AvgIpc) is 3.24. The first-order chi connectivity index (χ1) is 12.9. The predicted molar refractivity (Wildman–Crippen MR) is 101 cm³/mol. The van der Waals surface area contributed by atoms with Crippen LogP contribution in [0.25, 0.3) is 11.0 Å². The fraction of sp³-hybridized carbons (Fsp3) is 0.400. The number of ketones is 1. The van der Waals surface area contributed by atoms with Crippen LogP contribution in [-0.2, 0) is 12.1 Å². The van der Waals surface area contributed by atoms with E-state index < -0.39 is 0 Å². The summed E-state index contributed by atoms with van der Waals surface area (Å²) in [5.74, 6) is -0.552. The van der Waals surface area contributed by atoms with Gasteiger partial charge >= 0.3 is 0 Å². The number of fused-ring (bicyclic) bond motifs is 1. The molecule has 0 amide bonds. The van der Waals surface area contributed by atoms with E-state index in [0.717, 1.165) is 36.7 Å². The van der Waals surface area contributed by atoms with Crippen molar-refractivity contribution >= 4 is 16.8 Å². The van der Waals surface area contributed by atoms with Crippen molar-refractivity contribution in [1.82, 2.24) is 19.3 Å². The van der Waals surface area contributed by atoms with E-state index in [-0.39, 0.29) is 28.1 Å². The standard InChI is InChI=1S/C20H23N5O2/c1-13-10-25(19-15(13)6-5-9-22-19)20(7-3-4-8-20)12-24-11-16(27)17(21)18(23-24)14(2)26/h5-6,9-11,21,27H,3-4,7-8,12H2,1-2H3. The van der Waals surface area contributed by atoms with E-state index in [2.05, 4.69) is 33.8 Å². The molecule has 1 fully saturated rings. The lowest BCUT2D eigenvalue weighted by molar-refractivity contribution is 0.100. The lowest BCUT2D eigenvalue weighted by atomic mass is 9.97. The number of hydrogen-bond donors (Lipinski definition) is 2. The molecule has 4 rings (SSSR count). The Morgan fingerprint density at radius 3 is 2.78 bits per heavy atom. The zero-order valence-electron chi connectivity index (χ0n) is 15.6. The zero-order valence-corrected chi connectivity index (χ0v) is 15.6. The molecule has 0 bridgehead atoms. The molecule has 3 aromatic heterocycles. The minimum Gasteiger partial charge on any atom is -0.504 e. The maximum absolute atomic E-state index is 11.8. The normalized spacial score (nSPS) is 16.1. The minimum absolute atomic E-state index is 0.00480. The second-order valence-corrected chi connectivity index (χ2v) is 7.48. The second kappa shape index (κ2) is 6.33. The van der Waals surface area contributed by atoms with Gasteiger partial charge in [0.25, 0.3) is 0 Å². The molecular formula is C20H23N5O2. The summed E-state index contributed by atoms with van der Waals surface area (Å²) in [6.45, 7) is 3.96. The van der Waals surface area contributed by atoms with Crippen molar-refractivity contribution in [2.24, 2.45) is 0 Å². The number of Topliss-reactive ketones (excluding diaryl/α,β-unsaturated/α-hetero) is 1. The van der Waals surface area contributed by atoms with E-state index in [0.29, 0.717) is 6.54 Å². The third kappa shape index (κ3) is 2.83. The first kappa shape index (κ1) is 17.5. The van der Waals surface area contributed by atoms with Crippen molar-refractivity contribution in [1.29, 1.82) is 5.41 Å². The van der Waals surface area contributed by atoms with E-state index in [1.165, 1.54) is 18.7 Å². The SMILES string of the molecule is CC(=O)c1nn(CC2(n3cc(C)c4cccnc43)CCCC2)cc(O)c1=N. The van der Waals surface area contributed by atoms with Gasteiger partial charge in [-0.15, -0.1) is 0 Å². The number of carbonyl (C=O) groups excluding carboxylic acids is 1. The predicted octanol–water partition coefficient (Wildman–Crippen LogP) is 2.90. The number of aryl methyl sites for hydroxylation is 1. The molecule has 3 aromatic rings. The van der Waals surface area contributed by atoms with Crippen LogP contribution in [-0.4, -0.2) is 30.2 Å². The van der Waals surface area contributed by atoms with Crippen LogP contribution in [0.3, 0.4) is 0 Å². The van der Waals surface area contributed by atoms with Gasteiger partial charge in [0.05, 0.1) is 18.3 Å². The topological polar surface area (TPSA) is 96.8 Å². The molecule has 2 N–H and O–H groups in total. The molecular weight excluding hydrogens is 342 g/mol. The molecule has 3 heterocycles. The summed E-state index contributed by atoms with van der Waals surface area (Å²) in [5.41, 5.74) is 1.90. The molecule has 1 aliphatic carbocycles. The number of nitrogens with one attached hydrogen (secondary N) is 1. The fourth-order valence-electron chi connectivity index (χ4n) is 4.25. The highest BCUT2D eigenvalue weighted by Gasteiger charge is 2.38. The summed E-state index contributed by atoms with van der Waals surface area (Å²) >= 11 is 0. The Labute approximate surface area is 156 Å². The molecule has 1 saturated carbocycles. The Hall–Kier alpha value is -2.96. The van der Waals surface area contributed by atoms with E-state index in [9.17, 15) is 9.90 Å². The van der Waals surface area contributed by atoms with Gasteiger partial charge < -0.3 is 9.67 Å². The van der Waals surface area contributed by atoms with Crippen LogP contribution in [0.2, 0.25) is 0 Å². The maximum Gasteiger partial charge on any atom is 0.182 e. The van der Waals surface area contributed by atoms with Gasteiger partial charge in [-0.25, -0.2) is 4.98 Å². The average molecular weight is 365 g/mol. The van der Waals surface area contributed by atoms with Crippen molar-refractivity contribution in [2.45, 2.75) is 51.6 Å². The summed E-state index contributed by atoms with van der Waals surface area (Å²) in [6, 6.07) is 4.03. The van der Waals surface area contributed by atoms with E-state index in [1.54, 1.807) is 10.9 Å². The van der Waals surface area contributed by atoms with Crippen LogP contribution in [0.4, 0.5) is 0 Å². The van der Waals surface area contributed by atoms with Crippen molar-refractivity contribution < 1.29 is 9.90 Å². The van der Waals surface area contributed by atoms with Crippen molar-refractivity contribution in [3.8, 4) is 5.75 Å². The number of hydrogen-bond acceptors (Lipinski definition) is 5. The first-order valence-electron chi connectivity index (χ1n) is 9.21. The molecule has 140 valence electrons. The van der Waals surface area contributed by atoms with Gasteiger partial charge in [-0.05, 0) is 37.5 Å². The van der Waals surface area contributed by atoms with Gasteiger partial charge in [-0.1, -0.05) is 12.8 Å². The second-order valence-electron chi connectivity index (χ2n) is 7.48. The van der Waals surface area contributed by atoms with E-state index >= 15 is 0 Å². The van der Waals surface area contributed by atoms with Crippen LogP contribution < -0.4 is 5.36 Å². The molecule has 0 saturated heterocycles. The molecule has 0 unspecified atom stereocenters. The fourth-order valence-corrected chi connectivity index (χ4v) is 4.25. The van der Waals surface area contributed by atoms with Crippen LogP contribution in [0, 0.1) is 12.3 Å². The van der Waals surface area contributed by atoms with Crippen molar-refractivity contribution in [3.63, 3.8) is 0 Å². The molecule has 0 spiro atoms. The van der Waals surface area contributed by atoms with Crippen LogP contribution in [0.15, 0.2) is 30.7 Å². The molecule has 0 radical (unpaired) electrons. The van der Waals surface area contributed by atoms with Crippen LogP contribution in [0.1, 0.15) is 48.7 Å². The molecule has 7 nitrogen and oxygen atoms in total. The van der Waals surface area contributed by atoms with Gasteiger partial charge in [0.1, 0.15) is 11.0 Å². The van der Waals surface area contributed by atoms with Crippen LogP contribution in [0.5, 0.6) is 5.75 Å². The monoisotopic (exact) mass is 365 g/mol. The van der Waals surface area contributed by atoms with Crippen molar-refractivity contribution in [2.75, 3.05) is 0 Å².